The van der Waals surface area contributed by atoms with Gasteiger partial charge in [0.2, 0.25) is 0 Å². The van der Waals surface area contributed by atoms with Crippen molar-refractivity contribution >= 4 is 0 Å². The first-order chi connectivity index (χ1) is 9.85. The molecule has 1 aromatic carbocycles. The molecular weight excluding hydrogens is 254 g/mol. The molecule has 1 fully saturated rings. The lowest BCUT2D eigenvalue weighted by molar-refractivity contribution is 0.0167. The Kier molecular flexibility index (Phi) is 6.15. The van der Waals surface area contributed by atoms with Crippen LogP contribution in [0.3, 0.4) is 0 Å². The Hall–Kier alpha value is -1.26. The zero-order chi connectivity index (χ0) is 14.2. The summed E-state index contributed by atoms with van der Waals surface area (Å²) < 4.78 is 16.8. The van der Waals surface area contributed by atoms with Crippen molar-refractivity contribution in [1.82, 2.24) is 5.32 Å². The van der Waals surface area contributed by atoms with E-state index in [1.165, 1.54) is 12.8 Å². The Morgan fingerprint density at radius 1 is 1.35 bits per heavy atom. The highest BCUT2D eigenvalue weighted by molar-refractivity contribution is 5.46. The van der Waals surface area contributed by atoms with Gasteiger partial charge in [0.15, 0.2) is 11.5 Å². The summed E-state index contributed by atoms with van der Waals surface area (Å²) in [6.07, 6.45) is 3.98. The first-order valence-corrected chi connectivity index (χ1v) is 7.46. The minimum Gasteiger partial charge on any atom is -0.493 e. The van der Waals surface area contributed by atoms with Crippen LogP contribution in [0.1, 0.15) is 31.7 Å². The quantitative estimate of drug-likeness (QED) is 0.833. The van der Waals surface area contributed by atoms with E-state index in [9.17, 15) is 0 Å². The molecule has 0 amide bonds. The van der Waals surface area contributed by atoms with E-state index in [0.717, 1.165) is 43.2 Å². The first kappa shape index (κ1) is 15.1. The van der Waals surface area contributed by atoms with Gasteiger partial charge in [0, 0.05) is 25.3 Å². The third-order valence-electron chi connectivity index (χ3n) is 3.53. The molecule has 2 rings (SSSR count). The van der Waals surface area contributed by atoms with Gasteiger partial charge in [0.05, 0.1) is 19.8 Å². The maximum absolute atomic E-state index is 5.72. The first-order valence-electron chi connectivity index (χ1n) is 7.46. The fourth-order valence-electron chi connectivity index (χ4n) is 2.54. The average molecular weight is 279 g/mol. The smallest absolute Gasteiger partial charge is 0.165 e. The summed E-state index contributed by atoms with van der Waals surface area (Å²) in [4.78, 5) is 0. The van der Waals surface area contributed by atoms with Crippen LogP contribution in [-0.2, 0) is 11.3 Å². The summed E-state index contributed by atoms with van der Waals surface area (Å²) in [6, 6.07) is 6.01. The van der Waals surface area contributed by atoms with Gasteiger partial charge in [-0.15, -0.1) is 0 Å². The van der Waals surface area contributed by atoms with Gasteiger partial charge in [-0.3, -0.25) is 0 Å². The molecule has 4 nitrogen and oxygen atoms in total. The average Bonchev–Trinajstić information content (AvgIpc) is 2.49. The van der Waals surface area contributed by atoms with Crippen molar-refractivity contribution in [2.75, 3.05) is 26.9 Å². The van der Waals surface area contributed by atoms with Crippen molar-refractivity contribution in [1.29, 1.82) is 0 Å². The molecule has 0 saturated carbocycles. The standard InChI is InChI=1S/C16H25NO3/c1-3-19-15-9-6-7-13(16(15)18-2)11-17-12-14-8-4-5-10-20-14/h6-7,9,14,17H,3-5,8,10-12H2,1-2H3. The van der Waals surface area contributed by atoms with Crippen LogP contribution < -0.4 is 14.8 Å². The number of nitrogens with one attached hydrogen (secondary N) is 1. The Labute approximate surface area is 121 Å². The number of hydrogen-bond acceptors (Lipinski definition) is 4. The summed E-state index contributed by atoms with van der Waals surface area (Å²) in [6.45, 7) is 5.18. The molecule has 0 aromatic heterocycles. The molecule has 1 aromatic rings. The lowest BCUT2D eigenvalue weighted by Gasteiger charge is -2.23. The van der Waals surface area contributed by atoms with Gasteiger partial charge in [0.25, 0.3) is 0 Å². The van der Waals surface area contributed by atoms with Crippen LogP contribution in [0.25, 0.3) is 0 Å². The molecule has 1 heterocycles. The van der Waals surface area contributed by atoms with Crippen molar-refractivity contribution in [2.45, 2.75) is 38.8 Å². The number of hydrogen-bond donors (Lipinski definition) is 1. The van der Waals surface area contributed by atoms with Gasteiger partial charge in [-0.2, -0.15) is 0 Å². The zero-order valence-corrected chi connectivity index (χ0v) is 12.5. The van der Waals surface area contributed by atoms with E-state index in [2.05, 4.69) is 11.4 Å². The van der Waals surface area contributed by atoms with Crippen LogP contribution in [0.15, 0.2) is 18.2 Å². The summed E-state index contributed by atoms with van der Waals surface area (Å²) in [7, 11) is 1.69. The van der Waals surface area contributed by atoms with Crippen LogP contribution >= 0.6 is 0 Å². The van der Waals surface area contributed by atoms with Crippen LogP contribution in [0, 0.1) is 0 Å². The van der Waals surface area contributed by atoms with Crippen LogP contribution in [0.4, 0.5) is 0 Å². The lowest BCUT2D eigenvalue weighted by atomic mass is 10.1. The molecule has 0 spiro atoms. The Balaban J connectivity index is 1.89. The van der Waals surface area contributed by atoms with Gasteiger partial charge < -0.3 is 19.5 Å². The summed E-state index contributed by atoms with van der Waals surface area (Å²) in [5, 5.41) is 3.45. The maximum Gasteiger partial charge on any atom is 0.165 e. The molecule has 0 bridgehead atoms. The number of benzene rings is 1. The van der Waals surface area contributed by atoms with E-state index < -0.39 is 0 Å². The van der Waals surface area contributed by atoms with Crippen molar-refractivity contribution in [3.8, 4) is 11.5 Å². The van der Waals surface area contributed by atoms with E-state index in [4.69, 9.17) is 14.2 Å². The van der Waals surface area contributed by atoms with Crippen molar-refractivity contribution in [3.63, 3.8) is 0 Å². The molecule has 1 N–H and O–H groups in total. The van der Waals surface area contributed by atoms with Gasteiger partial charge in [-0.25, -0.2) is 0 Å². The van der Waals surface area contributed by atoms with E-state index in [-0.39, 0.29) is 0 Å². The molecule has 112 valence electrons. The predicted octanol–water partition coefficient (Wildman–Crippen LogP) is 2.75. The molecule has 20 heavy (non-hydrogen) atoms. The number of rotatable bonds is 7. The fraction of sp³-hybridized carbons (Fsp3) is 0.625. The third-order valence-corrected chi connectivity index (χ3v) is 3.53. The van der Waals surface area contributed by atoms with Crippen LogP contribution in [0.2, 0.25) is 0 Å². The van der Waals surface area contributed by atoms with Crippen molar-refractivity contribution in [2.24, 2.45) is 0 Å². The monoisotopic (exact) mass is 279 g/mol. The summed E-state index contributed by atoms with van der Waals surface area (Å²) in [5.74, 6) is 1.63. The minimum atomic E-state index is 0.352. The van der Waals surface area contributed by atoms with E-state index in [1.807, 2.05) is 19.1 Å². The SMILES string of the molecule is CCOc1cccc(CNCC2CCCCO2)c1OC. The van der Waals surface area contributed by atoms with E-state index in [0.29, 0.717) is 12.7 Å². The number of ether oxygens (including phenoxy) is 3. The summed E-state index contributed by atoms with van der Waals surface area (Å²) in [5.41, 5.74) is 1.12. The fourth-order valence-corrected chi connectivity index (χ4v) is 2.54. The van der Waals surface area contributed by atoms with Gasteiger partial charge in [-0.1, -0.05) is 12.1 Å². The zero-order valence-electron chi connectivity index (χ0n) is 12.5. The molecular formula is C16H25NO3. The lowest BCUT2D eigenvalue weighted by Crippen LogP contribution is -2.31. The Morgan fingerprint density at radius 2 is 2.25 bits per heavy atom. The highest BCUT2D eigenvalue weighted by Gasteiger charge is 2.14. The topological polar surface area (TPSA) is 39.7 Å². The molecule has 1 aliphatic heterocycles. The molecule has 1 atom stereocenters. The van der Waals surface area contributed by atoms with E-state index >= 15 is 0 Å². The molecule has 0 radical (unpaired) electrons. The number of methoxy groups -OCH3 is 1. The van der Waals surface area contributed by atoms with E-state index in [1.54, 1.807) is 7.11 Å². The molecule has 0 aliphatic carbocycles. The molecule has 1 unspecified atom stereocenters. The second kappa shape index (κ2) is 8.12. The third kappa shape index (κ3) is 4.12. The van der Waals surface area contributed by atoms with Crippen LogP contribution in [-0.4, -0.2) is 33.0 Å². The highest BCUT2D eigenvalue weighted by atomic mass is 16.5. The highest BCUT2D eigenvalue weighted by Crippen LogP contribution is 2.30. The largest absolute Gasteiger partial charge is 0.493 e. The van der Waals surface area contributed by atoms with Crippen LogP contribution in [0.5, 0.6) is 11.5 Å². The van der Waals surface area contributed by atoms with Crippen molar-refractivity contribution < 1.29 is 14.2 Å². The van der Waals surface area contributed by atoms with Crippen molar-refractivity contribution in [3.05, 3.63) is 23.8 Å². The summed E-state index contributed by atoms with van der Waals surface area (Å²) >= 11 is 0. The second-order valence-electron chi connectivity index (χ2n) is 5.00. The number of para-hydroxylation sites is 1. The minimum absolute atomic E-state index is 0.352. The normalized spacial score (nSPS) is 18.8. The maximum atomic E-state index is 5.72. The second-order valence-corrected chi connectivity index (χ2v) is 5.00. The molecule has 1 saturated heterocycles. The van der Waals surface area contributed by atoms with Gasteiger partial charge >= 0.3 is 0 Å². The predicted molar refractivity (Wildman–Crippen MR) is 79.5 cm³/mol. The van der Waals surface area contributed by atoms with Gasteiger partial charge in [0.1, 0.15) is 0 Å². The molecule has 1 aliphatic rings. The van der Waals surface area contributed by atoms with Gasteiger partial charge in [-0.05, 0) is 32.3 Å². The Bertz CT molecular complexity index is 403. The Morgan fingerprint density at radius 3 is 2.95 bits per heavy atom. The molecule has 4 heteroatoms.